The highest BCUT2D eigenvalue weighted by atomic mass is 19.4. The summed E-state index contributed by atoms with van der Waals surface area (Å²) >= 11 is 0. The molecule has 0 radical (unpaired) electrons. The normalized spacial score (nSPS) is 12.2. The maximum Gasteiger partial charge on any atom is 0.405 e. The minimum absolute atomic E-state index is 0.0907. The molecule has 0 aliphatic rings. The van der Waals surface area contributed by atoms with Gasteiger partial charge in [-0.15, -0.1) is 0 Å². The number of alkyl halides is 3. The summed E-state index contributed by atoms with van der Waals surface area (Å²) in [4.78, 5) is 15.2. The molecule has 128 valence electrons. The summed E-state index contributed by atoms with van der Waals surface area (Å²) in [5, 5.41) is 7.36. The number of aromatic nitrogens is 6. The minimum Gasteiger partial charge on any atom is -0.345 e. The second-order valence-corrected chi connectivity index (χ2v) is 5.52. The van der Waals surface area contributed by atoms with Crippen molar-refractivity contribution in [1.82, 2.24) is 29.5 Å². The number of rotatable bonds is 3. The molecule has 25 heavy (non-hydrogen) atoms. The van der Waals surface area contributed by atoms with Crippen LogP contribution in [0.15, 0.2) is 30.7 Å². The molecule has 2 N–H and O–H groups in total. The lowest BCUT2D eigenvalue weighted by atomic mass is 10.2. The van der Waals surface area contributed by atoms with Crippen LogP contribution in [0.25, 0.3) is 27.9 Å². The van der Waals surface area contributed by atoms with E-state index in [-0.39, 0.29) is 5.95 Å². The largest absolute Gasteiger partial charge is 0.405 e. The van der Waals surface area contributed by atoms with E-state index in [0.717, 1.165) is 16.9 Å². The topological polar surface area (TPSA) is 83.8 Å². The molecule has 4 rings (SSSR count). The molecular weight excluding hydrogens is 335 g/mol. The van der Waals surface area contributed by atoms with E-state index in [1.807, 2.05) is 19.1 Å². The van der Waals surface area contributed by atoms with Crippen LogP contribution in [-0.4, -0.2) is 42.3 Å². The van der Waals surface area contributed by atoms with Crippen LogP contribution in [0.2, 0.25) is 0 Å². The number of imidazole rings is 1. The molecule has 4 heterocycles. The van der Waals surface area contributed by atoms with Gasteiger partial charge in [0, 0.05) is 23.3 Å². The van der Waals surface area contributed by atoms with Crippen LogP contribution >= 0.6 is 0 Å². The van der Waals surface area contributed by atoms with Gasteiger partial charge in [-0.1, -0.05) is 0 Å². The highest BCUT2D eigenvalue weighted by Gasteiger charge is 2.27. The van der Waals surface area contributed by atoms with E-state index in [1.54, 1.807) is 16.9 Å². The third-order valence-electron chi connectivity index (χ3n) is 3.69. The molecule has 0 fully saturated rings. The lowest BCUT2D eigenvalue weighted by molar-refractivity contribution is -0.115. The fraction of sp³-hybridized carbons (Fsp3) is 0.200. The maximum atomic E-state index is 12.3. The van der Waals surface area contributed by atoms with Crippen LogP contribution in [0.1, 0.15) is 5.69 Å². The van der Waals surface area contributed by atoms with Crippen molar-refractivity contribution >= 4 is 22.6 Å². The van der Waals surface area contributed by atoms with Gasteiger partial charge in [0.25, 0.3) is 0 Å². The Hall–Kier alpha value is -3.17. The first-order valence-electron chi connectivity index (χ1n) is 7.37. The van der Waals surface area contributed by atoms with Gasteiger partial charge in [0.1, 0.15) is 12.2 Å². The van der Waals surface area contributed by atoms with E-state index in [1.165, 1.54) is 6.20 Å². The second-order valence-electron chi connectivity index (χ2n) is 5.52. The van der Waals surface area contributed by atoms with Crippen molar-refractivity contribution in [3.8, 4) is 11.3 Å². The van der Waals surface area contributed by atoms with Crippen LogP contribution in [0.3, 0.4) is 0 Å². The van der Waals surface area contributed by atoms with Gasteiger partial charge in [-0.3, -0.25) is 0 Å². The van der Waals surface area contributed by atoms with Crippen LogP contribution in [-0.2, 0) is 0 Å². The highest BCUT2D eigenvalue weighted by molar-refractivity contribution is 5.92. The Balaban J connectivity index is 1.71. The van der Waals surface area contributed by atoms with Crippen LogP contribution in [0, 0.1) is 6.92 Å². The lowest BCUT2D eigenvalue weighted by Gasteiger charge is -2.07. The first-order valence-corrected chi connectivity index (χ1v) is 7.37. The number of nitrogens with one attached hydrogen (secondary N) is 2. The van der Waals surface area contributed by atoms with Crippen molar-refractivity contribution in [2.24, 2.45) is 0 Å². The van der Waals surface area contributed by atoms with Crippen molar-refractivity contribution in [2.45, 2.75) is 13.1 Å². The first kappa shape index (κ1) is 15.4. The van der Waals surface area contributed by atoms with Crippen molar-refractivity contribution in [3.63, 3.8) is 0 Å². The van der Waals surface area contributed by atoms with E-state index in [9.17, 15) is 13.2 Å². The van der Waals surface area contributed by atoms with Crippen LogP contribution in [0.4, 0.5) is 19.1 Å². The molecule has 0 bridgehead atoms. The molecule has 10 heteroatoms. The van der Waals surface area contributed by atoms with Gasteiger partial charge in [0.05, 0.1) is 17.6 Å². The predicted molar refractivity (Wildman–Crippen MR) is 85.2 cm³/mol. The summed E-state index contributed by atoms with van der Waals surface area (Å²) in [6, 6.07) is 3.66. The van der Waals surface area contributed by atoms with Crippen LogP contribution in [0.5, 0.6) is 0 Å². The van der Waals surface area contributed by atoms with Gasteiger partial charge in [0.2, 0.25) is 5.95 Å². The predicted octanol–water partition coefficient (Wildman–Crippen LogP) is 2.95. The second kappa shape index (κ2) is 5.43. The average molecular weight is 347 g/mol. The van der Waals surface area contributed by atoms with Crippen molar-refractivity contribution < 1.29 is 13.2 Å². The van der Waals surface area contributed by atoms with Crippen molar-refractivity contribution in [2.75, 3.05) is 11.9 Å². The number of halogens is 3. The summed E-state index contributed by atoms with van der Waals surface area (Å²) in [7, 11) is 0. The van der Waals surface area contributed by atoms with E-state index < -0.39 is 12.7 Å². The Labute approximate surface area is 138 Å². The van der Waals surface area contributed by atoms with Gasteiger partial charge < -0.3 is 10.3 Å². The van der Waals surface area contributed by atoms with Gasteiger partial charge in [-0.2, -0.15) is 23.3 Å². The monoisotopic (exact) mass is 347 g/mol. The Morgan fingerprint density at radius 1 is 1.20 bits per heavy atom. The fourth-order valence-corrected chi connectivity index (χ4v) is 2.52. The molecule has 0 amide bonds. The average Bonchev–Trinajstić information content (AvgIpc) is 3.15. The zero-order chi connectivity index (χ0) is 17.6. The maximum absolute atomic E-state index is 12.3. The number of hydrogen-bond donors (Lipinski definition) is 2. The Kier molecular flexibility index (Phi) is 3.34. The van der Waals surface area contributed by atoms with E-state index in [2.05, 4.69) is 30.4 Å². The molecule has 0 atom stereocenters. The molecule has 0 aromatic carbocycles. The molecule has 0 unspecified atom stereocenters. The summed E-state index contributed by atoms with van der Waals surface area (Å²) < 4.78 is 38.5. The summed E-state index contributed by atoms with van der Waals surface area (Å²) in [6.07, 6.45) is 0.567. The Morgan fingerprint density at radius 2 is 2.04 bits per heavy atom. The van der Waals surface area contributed by atoms with E-state index >= 15 is 0 Å². The molecule has 0 aliphatic heterocycles. The third-order valence-corrected chi connectivity index (χ3v) is 3.69. The number of aromatic amines is 1. The van der Waals surface area contributed by atoms with Crippen molar-refractivity contribution in [1.29, 1.82) is 0 Å². The molecular formula is C15H12F3N7. The molecule has 0 saturated carbocycles. The Morgan fingerprint density at radius 3 is 2.84 bits per heavy atom. The zero-order valence-electron chi connectivity index (χ0n) is 13.0. The number of fused-ring (bicyclic) bond motifs is 2. The standard InChI is InChI=1S/C15H12F3N7/c1-8-4-19-12-3-2-11(24-25(8)12)9-5-20-13-10(9)6-21-14(23-13)22-7-15(16,17)18/h2-6H,7H2,1H3,(H2,20,21,22,23). The van der Waals surface area contributed by atoms with Gasteiger partial charge in [-0.25, -0.2) is 14.5 Å². The molecule has 7 nitrogen and oxygen atoms in total. The zero-order valence-corrected chi connectivity index (χ0v) is 13.0. The molecule has 4 aromatic heterocycles. The summed E-state index contributed by atoms with van der Waals surface area (Å²) in [6.45, 7) is 0.706. The molecule has 0 aliphatic carbocycles. The number of nitrogens with zero attached hydrogens (tertiary/aromatic N) is 5. The summed E-state index contributed by atoms with van der Waals surface area (Å²) in [5.74, 6) is -0.0907. The SMILES string of the molecule is Cc1cnc2ccc(-c3c[nH]c4nc(NCC(F)(F)F)ncc34)nn12. The van der Waals surface area contributed by atoms with Crippen molar-refractivity contribution in [3.05, 3.63) is 36.4 Å². The molecule has 4 aromatic rings. The molecule has 0 spiro atoms. The smallest absolute Gasteiger partial charge is 0.345 e. The highest BCUT2D eigenvalue weighted by Crippen LogP contribution is 2.26. The number of anilines is 1. The quantitative estimate of drug-likeness (QED) is 0.595. The Bertz CT molecular complexity index is 1060. The van der Waals surface area contributed by atoms with Gasteiger partial charge in [0.15, 0.2) is 5.65 Å². The third kappa shape index (κ3) is 2.86. The number of hydrogen-bond acceptors (Lipinski definition) is 5. The van der Waals surface area contributed by atoms with E-state index in [0.29, 0.717) is 16.7 Å². The lowest BCUT2D eigenvalue weighted by Crippen LogP contribution is -2.22. The number of aryl methyl sites for hydroxylation is 1. The fourth-order valence-electron chi connectivity index (χ4n) is 2.52. The van der Waals surface area contributed by atoms with Gasteiger partial charge in [-0.05, 0) is 19.1 Å². The van der Waals surface area contributed by atoms with E-state index in [4.69, 9.17) is 0 Å². The number of H-pyrrole nitrogens is 1. The minimum atomic E-state index is -4.33. The molecule has 0 saturated heterocycles. The first-order chi connectivity index (χ1) is 11.9. The van der Waals surface area contributed by atoms with Crippen LogP contribution < -0.4 is 5.32 Å². The summed E-state index contributed by atoms with van der Waals surface area (Å²) in [5.41, 5.74) is 3.49. The van der Waals surface area contributed by atoms with Gasteiger partial charge >= 0.3 is 6.18 Å².